The molecular formula is C17H15F3N2O3. The van der Waals surface area contributed by atoms with Gasteiger partial charge in [0.1, 0.15) is 5.75 Å². The van der Waals surface area contributed by atoms with Crippen molar-refractivity contribution in [2.45, 2.75) is 12.6 Å². The second-order valence-electron chi connectivity index (χ2n) is 5.11. The molecule has 0 saturated carbocycles. The molecule has 0 saturated heterocycles. The molecule has 0 aliphatic rings. The van der Waals surface area contributed by atoms with Gasteiger partial charge >= 0.3 is 12.1 Å². The van der Waals surface area contributed by atoms with Crippen molar-refractivity contribution in [3.05, 3.63) is 54.1 Å². The monoisotopic (exact) mass is 352 g/mol. The zero-order chi connectivity index (χ0) is 18.4. The smallest absolute Gasteiger partial charge is 0.471 e. The lowest BCUT2D eigenvalue weighted by Crippen LogP contribution is -2.29. The minimum absolute atomic E-state index is 0.0203. The summed E-state index contributed by atoms with van der Waals surface area (Å²) in [4.78, 5) is 22.8. The molecule has 2 amide bonds. The minimum Gasteiger partial charge on any atom is -0.497 e. The molecule has 0 bridgehead atoms. The Balaban J connectivity index is 1.94. The molecule has 2 N–H and O–H groups in total. The molecule has 0 heterocycles. The first-order valence-corrected chi connectivity index (χ1v) is 7.19. The van der Waals surface area contributed by atoms with Gasteiger partial charge in [0.2, 0.25) is 5.91 Å². The van der Waals surface area contributed by atoms with E-state index in [4.69, 9.17) is 4.74 Å². The molecule has 0 spiro atoms. The van der Waals surface area contributed by atoms with E-state index in [2.05, 4.69) is 5.32 Å². The van der Waals surface area contributed by atoms with E-state index in [0.29, 0.717) is 11.4 Å². The lowest BCUT2D eigenvalue weighted by molar-refractivity contribution is -0.167. The number of hydrogen-bond acceptors (Lipinski definition) is 3. The van der Waals surface area contributed by atoms with Gasteiger partial charge in [0.15, 0.2) is 0 Å². The molecule has 5 nitrogen and oxygen atoms in total. The molecule has 0 atom stereocenters. The van der Waals surface area contributed by atoms with Crippen LogP contribution in [0.3, 0.4) is 0 Å². The number of methoxy groups -OCH3 is 1. The topological polar surface area (TPSA) is 67.4 Å². The van der Waals surface area contributed by atoms with Crippen LogP contribution >= 0.6 is 0 Å². The lowest BCUT2D eigenvalue weighted by atomic mass is 10.1. The molecular weight excluding hydrogens is 337 g/mol. The molecule has 132 valence electrons. The zero-order valence-corrected chi connectivity index (χ0v) is 13.2. The van der Waals surface area contributed by atoms with Crippen molar-refractivity contribution < 1.29 is 27.5 Å². The summed E-state index contributed by atoms with van der Waals surface area (Å²) in [6, 6.07) is 12.4. The highest BCUT2D eigenvalue weighted by atomic mass is 19.4. The summed E-state index contributed by atoms with van der Waals surface area (Å²) in [5, 5.41) is 4.35. The Kier molecular flexibility index (Phi) is 5.63. The first-order valence-electron chi connectivity index (χ1n) is 7.19. The maximum Gasteiger partial charge on any atom is 0.471 e. The van der Waals surface area contributed by atoms with Crippen LogP contribution in [-0.2, 0) is 16.0 Å². The van der Waals surface area contributed by atoms with Gasteiger partial charge in [0.05, 0.1) is 13.5 Å². The second kappa shape index (κ2) is 7.69. The third kappa shape index (κ3) is 5.52. The molecule has 2 aromatic rings. The Labute approximate surface area is 141 Å². The number of rotatable bonds is 5. The van der Waals surface area contributed by atoms with E-state index in [9.17, 15) is 22.8 Å². The van der Waals surface area contributed by atoms with E-state index in [1.807, 2.05) is 0 Å². The second-order valence-corrected chi connectivity index (χ2v) is 5.11. The van der Waals surface area contributed by atoms with Crippen molar-refractivity contribution >= 4 is 23.2 Å². The highest BCUT2D eigenvalue weighted by molar-refractivity contribution is 5.96. The van der Waals surface area contributed by atoms with Gasteiger partial charge in [0, 0.05) is 11.4 Å². The van der Waals surface area contributed by atoms with Crippen molar-refractivity contribution in [2.24, 2.45) is 0 Å². The predicted octanol–water partition coefficient (Wildman–Crippen LogP) is 3.38. The summed E-state index contributed by atoms with van der Waals surface area (Å²) in [6.07, 6.45) is -4.84. The summed E-state index contributed by atoms with van der Waals surface area (Å²) < 4.78 is 41.6. The average Bonchev–Trinajstić information content (AvgIpc) is 2.56. The number of alkyl halides is 3. The van der Waals surface area contributed by atoms with Crippen LogP contribution in [0.5, 0.6) is 5.75 Å². The van der Waals surface area contributed by atoms with Gasteiger partial charge in [0.25, 0.3) is 0 Å². The first-order chi connectivity index (χ1) is 11.8. The summed E-state index contributed by atoms with van der Waals surface area (Å²) in [5.74, 6) is -1.71. The zero-order valence-electron chi connectivity index (χ0n) is 13.2. The Morgan fingerprint density at radius 2 is 1.60 bits per heavy atom. The Bertz CT molecular complexity index is 758. The van der Waals surface area contributed by atoms with Gasteiger partial charge in [-0.25, -0.2) is 0 Å². The van der Waals surface area contributed by atoms with Crippen LogP contribution in [0.1, 0.15) is 5.56 Å². The standard InChI is InChI=1S/C17H15F3N2O3/c1-25-14-4-2-3-11(9-14)10-15(23)21-12-5-7-13(8-6-12)22-16(24)17(18,19)20/h2-9H,10H2,1H3,(H,21,23)(H,22,24). The van der Waals surface area contributed by atoms with E-state index in [1.54, 1.807) is 29.6 Å². The molecule has 0 aromatic heterocycles. The molecule has 0 radical (unpaired) electrons. The summed E-state index contributed by atoms with van der Waals surface area (Å²) in [5.41, 5.74) is 1.14. The lowest BCUT2D eigenvalue weighted by Gasteiger charge is -2.09. The van der Waals surface area contributed by atoms with E-state index in [1.165, 1.54) is 31.4 Å². The third-order valence-corrected chi connectivity index (χ3v) is 3.18. The third-order valence-electron chi connectivity index (χ3n) is 3.18. The number of halogens is 3. The fraction of sp³-hybridized carbons (Fsp3) is 0.176. The van der Waals surface area contributed by atoms with Crippen molar-refractivity contribution in [1.29, 1.82) is 0 Å². The average molecular weight is 352 g/mol. The minimum atomic E-state index is -4.95. The van der Waals surface area contributed by atoms with Gasteiger partial charge in [-0.05, 0) is 42.0 Å². The molecule has 25 heavy (non-hydrogen) atoms. The van der Waals surface area contributed by atoms with E-state index >= 15 is 0 Å². The molecule has 2 aromatic carbocycles. The molecule has 0 aliphatic carbocycles. The number of hydrogen-bond donors (Lipinski definition) is 2. The van der Waals surface area contributed by atoms with Crippen LogP contribution in [0.15, 0.2) is 48.5 Å². The number of anilines is 2. The van der Waals surface area contributed by atoms with E-state index < -0.39 is 12.1 Å². The van der Waals surface area contributed by atoms with Gasteiger partial charge in [-0.2, -0.15) is 13.2 Å². The van der Waals surface area contributed by atoms with Crippen LogP contribution in [0.2, 0.25) is 0 Å². The van der Waals surface area contributed by atoms with Gasteiger partial charge in [-0.3, -0.25) is 9.59 Å². The number of carbonyl (C=O) groups excluding carboxylic acids is 2. The van der Waals surface area contributed by atoms with E-state index in [0.717, 1.165) is 5.56 Å². The molecule has 0 fully saturated rings. The Morgan fingerprint density at radius 3 is 2.16 bits per heavy atom. The number of amides is 2. The van der Waals surface area contributed by atoms with Crippen LogP contribution in [-0.4, -0.2) is 25.1 Å². The summed E-state index contributed by atoms with van der Waals surface area (Å²) in [7, 11) is 1.53. The number of nitrogens with one attached hydrogen (secondary N) is 2. The number of ether oxygens (including phenoxy) is 1. The normalized spacial score (nSPS) is 10.9. The molecule has 2 rings (SSSR count). The summed E-state index contributed by atoms with van der Waals surface area (Å²) >= 11 is 0. The maximum atomic E-state index is 12.2. The van der Waals surface area contributed by atoms with Gasteiger partial charge in [-0.1, -0.05) is 12.1 Å². The quantitative estimate of drug-likeness (QED) is 0.867. The van der Waals surface area contributed by atoms with Crippen LogP contribution in [0.25, 0.3) is 0 Å². The first kappa shape index (κ1) is 18.3. The van der Waals surface area contributed by atoms with Crippen molar-refractivity contribution in [3.8, 4) is 5.75 Å². The van der Waals surface area contributed by atoms with Crippen molar-refractivity contribution in [2.75, 3.05) is 17.7 Å². The summed E-state index contributed by atoms with van der Waals surface area (Å²) in [6.45, 7) is 0. The molecule has 0 aliphatic heterocycles. The van der Waals surface area contributed by atoms with E-state index in [-0.39, 0.29) is 18.0 Å². The highest BCUT2D eigenvalue weighted by Crippen LogP contribution is 2.20. The highest BCUT2D eigenvalue weighted by Gasteiger charge is 2.38. The van der Waals surface area contributed by atoms with Gasteiger partial charge in [-0.15, -0.1) is 0 Å². The molecule has 0 unspecified atom stereocenters. The van der Waals surface area contributed by atoms with Crippen LogP contribution in [0, 0.1) is 0 Å². The number of carbonyl (C=O) groups is 2. The fourth-order valence-electron chi connectivity index (χ4n) is 2.01. The fourth-order valence-corrected chi connectivity index (χ4v) is 2.01. The predicted molar refractivity (Wildman–Crippen MR) is 86.5 cm³/mol. The van der Waals surface area contributed by atoms with Crippen LogP contribution < -0.4 is 15.4 Å². The molecule has 8 heteroatoms. The maximum absolute atomic E-state index is 12.2. The van der Waals surface area contributed by atoms with Crippen molar-refractivity contribution in [1.82, 2.24) is 0 Å². The van der Waals surface area contributed by atoms with Crippen molar-refractivity contribution in [3.63, 3.8) is 0 Å². The SMILES string of the molecule is COc1cccc(CC(=O)Nc2ccc(NC(=O)C(F)(F)F)cc2)c1. The largest absolute Gasteiger partial charge is 0.497 e. The number of benzene rings is 2. The van der Waals surface area contributed by atoms with Gasteiger partial charge < -0.3 is 15.4 Å². The van der Waals surface area contributed by atoms with Crippen LogP contribution in [0.4, 0.5) is 24.5 Å². The Morgan fingerprint density at radius 1 is 1.00 bits per heavy atom. The Hall–Kier alpha value is -3.03.